The zero-order valence-corrected chi connectivity index (χ0v) is 25.6. The lowest BCUT2D eigenvalue weighted by atomic mass is 10.1. The SMILES string of the molecule is CSSCc1ccccc1C(=O)OC1C[C@H](n2cnc3c(N)ncnc32)O[C@@H]1COP(=O)(O)OP(=O)(O)OP(=O)(O)O. The lowest BCUT2D eigenvalue weighted by Gasteiger charge is -2.21. The average molecular weight is 687 g/mol. The number of esters is 1. The van der Waals surface area contributed by atoms with Crippen molar-refractivity contribution < 1.29 is 60.7 Å². The molecular formula is C19H24N5O13P3S2. The molecule has 1 aliphatic rings. The number of aromatic nitrogens is 4. The summed E-state index contributed by atoms with van der Waals surface area (Å²) in [6, 6.07) is 6.77. The van der Waals surface area contributed by atoms with Crippen LogP contribution in [0.25, 0.3) is 11.2 Å². The van der Waals surface area contributed by atoms with Crippen LogP contribution in [0.3, 0.4) is 0 Å². The Hall–Kier alpha value is -1.89. The molecule has 23 heteroatoms. The fraction of sp³-hybridized carbons (Fsp3) is 0.368. The molecule has 230 valence electrons. The summed E-state index contributed by atoms with van der Waals surface area (Å²) >= 11 is 0. The molecule has 3 unspecified atom stereocenters. The van der Waals surface area contributed by atoms with Crippen LogP contribution in [0.1, 0.15) is 28.6 Å². The van der Waals surface area contributed by atoms with Crippen LogP contribution in [0.5, 0.6) is 0 Å². The Morgan fingerprint density at radius 3 is 2.57 bits per heavy atom. The van der Waals surface area contributed by atoms with Crippen LogP contribution in [-0.4, -0.2) is 70.1 Å². The van der Waals surface area contributed by atoms with Crippen molar-refractivity contribution in [2.75, 3.05) is 18.6 Å². The third-order valence-corrected chi connectivity index (χ3v) is 11.1. The Kier molecular flexibility index (Phi) is 10.5. The Bertz CT molecular complexity index is 1590. The van der Waals surface area contributed by atoms with Crippen molar-refractivity contribution in [1.82, 2.24) is 19.5 Å². The number of phosphoric ester groups is 1. The number of benzene rings is 1. The summed E-state index contributed by atoms with van der Waals surface area (Å²) in [4.78, 5) is 62.2. The number of hydrogen-bond acceptors (Lipinski definition) is 15. The van der Waals surface area contributed by atoms with Gasteiger partial charge in [-0.2, -0.15) is 8.62 Å². The molecule has 3 heterocycles. The van der Waals surface area contributed by atoms with Gasteiger partial charge in [-0.3, -0.25) is 9.09 Å². The number of fused-ring (bicyclic) bond motifs is 1. The molecule has 4 rings (SSSR count). The van der Waals surface area contributed by atoms with Gasteiger partial charge in [-0.15, -0.1) is 0 Å². The van der Waals surface area contributed by atoms with E-state index in [2.05, 4.69) is 23.6 Å². The minimum absolute atomic E-state index is 0.0206. The summed E-state index contributed by atoms with van der Waals surface area (Å²) in [5.74, 6) is -0.107. The third-order valence-electron chi connectivity index (χ3n) is 5.52. The van der Waals surface area contributed by atoms with Crippen LogP contribution in [0.4, 0.5) is 5.82 Å². The lowest BCUT2D eigenvalue weighted by molar-refractivity contribution is -0.0490. The number of phosphoric acid groups is 3. The van der Waals surface area contributed by atoms with Crippen LogP contribution >= 0.6 is 45.1 Å². The quantitative estimate of drug-likeness (QED) is 0.0982. The van der Waals surface area contributed by atoms with Gasteiger partial charge in [-0.05, 0) is 17.9 Å². The van der Waals surface area contributed by atoms with Gasteiger partial charge in [-0.25, -0.2) is 33.4 Å². The van der Waals surface area contributed by atoms with Crippen molar-refractivity contribution >= 4 is 68.0 Å². The number of nitrogen functional groups attached to an aromatic ring is 1. The van der Waals surface area contributed by atoms with Crippen molar-refractivity contribution in [3.63, 3.8) is 0 Å². The summed E-state index contributed by atoms with van der Waals surface area (Å²) in [6.07, 6.45) is 1.17. The van der Waals surface area contributed by atoms with Crippen LogP contribution in [0, 0.1) is 0 Å². The summed E-state index contributed by atoms with van der Waals surface area (Å²) < 4.78 is 60.3. The maximum Gasteiger partial charge on any atom is 0.490 e. The highest BCUT2D eigenvalue weighted by Gasteiger charge is 2.44. The molecule has 5 atom stereocenters. The first kappa shape index (κ1) is 33.0. The van der Waals surface area contributed by atoms with Crippen molar-refractivity contribution in [2.45, 2.75) is 30.6 Å². The summed E-state index contributed by atoms with van der Waals surface area (Å²) in [5.41, 5.74) is 7.39. The Morgan fingerprint density at radius 2 is 1.86 bits per heavy atom. The predicted octanol–water partition coefficient (Wildman–Crippen LogP) is 2.78. The maximum atomic E-state index is 13.2. The van der Waals surface area contributed by atoms with Gasteiger partial charge in [0.2, 0.25) is 0 Å². The lowest BCUT2D eigenvalue weighted by Crippen LogP contribution is -2.31. The summed E-state index contributed by atoms with van der Waals surface area (Å²) in [6.45, 7) is -0.841. The van der Waals surface area contributed by atoms with E-state index in [0.717, 1.165) is 0 Å². The molecule has 1 fully saturated rings. The molecule has 1 aliphatic heterocycles. The number of ether oxygens (including phenoxy) is 2. The van der Waals surface area contributed by atoms with E-state index in [1.165, 1.54) is 38.8 Å². The van der Waals surface area contributed by atoms with Gasteiger partial charge in [-0.1, -0.05) is 39.8 Å². The van der Waals surface area contributed by atoms with Crippen LogP contribution in [0.2, 0.25) is 0 Å². The molecule has 0 amide bonds. The molecule has 42 heavy (non-hydrogen) atoms. The molecule has 1 aromatic carbocycles. The number of carbonyl (C=O) groups excluding carboxylic acids is 1. The molecule has 1 saturated heterocycles. The van der Waals surface area contributed by atoms with E-state index in [1.807, 2.05) is 6.26 Å². The van der Waals surface area contributed by atoms with Gasteiger partial charge >= 0.3 is 29.4 Å². The number of hydrogen-bond donors (Lipinski definition) is 5. The first-order valence-corrected chi connectivity index (χ1v) is 18.7. The van der Waals surface area contributed by atoms with Crippen LogP contribution < -0.4 is 5.73 Å². The Balaban J connectivity index is 1.56. The number of anilines is 1. The zero-order valence-electron chi connectivity index (χ0n) is 21.3. The molecule has 0 aliphatic carbocycles. The van der Waals surface area contributed by atoms with Gasteiger partial charge < -0.3 is 34.8 Å². The molecule has 6 N–H and O–H groups in total. The van der Waals surface area contributed by atoms with Crippen molar-refractivity contribution in [3.8, 4) is 0 Å². The molecule has 3 aromatic rings. The second-order valence-corrected chi connectivity index (χ2v) is 15.3. The topological polar surface area (TPSA) is 265 Å². The number of rotatable bonds is 13. The number of carbonyl (C=O) groups is 1. The van der Waals surface area contributed by atoms with E-state index in [-0.39, 0.29) is 29.0 Å². The highest BCUT2D eigenvalue weighted by molar-refractivity contribution is 8.76. The second-order valence-electron chi connectivity index (χ2n) is 8.36. The maximum absolute atomic E-state index is 13.2. The Labute approximate surface area is 245 Å². The van der Waals surface area contributed by atoms with Gasteiger partial charge in [0.1, 0.15) is 30.3 Å². The monoisotopic (exact) mass is 687 g/mol. The second kappa shape index (κ2) is 13.4. The third kappa shape index (κ3) is 8.60. The van der Waals surface area contributed by atoms with Gasteiger partial charge in [0.05, 0.1) is 18.5 Å². The molecule has 2 aromatic heterocycles. The zero-order chi connectivity index (χ0) is 30.7. The van der Waals surface area contributed by atoms with Crippen molar-refractivity contribution in [1.29, 1.82) is 0 Å². The first-order chi connectivity index (χ1) is 19.7. The summed E-state index contributed by atoms with van der Waals surface area (Å²) in [5, 5.41) is 0. The molecule has 18 nitrogen and oxygen atoms in total. The summed E-state index contributed by atoms with van der Waals surface area (Å²) in [7, 11) is -13.8. The number of imidazole rings is 1. The van der Waals surface area contributed by atoms with Crippen LogP contribution in [0.15, 0.2) is 36.9 Å². The highest BCUT2D eigenvalue weighted by Crippen LogP contribution is 2.66. The minimum Gasteiger partial charge on any atom is -0.456 e. The Morgan fingerprint density at radius 1 is 1.12 bits per heavy atom. The van der Waals surface area contributed by atoms with E-state index in [1.54, 1.807) is 24.3 Å². The highest BCUT2D eigenvalue weighted by atomic mass is 33.1. The fourth-order valence-corrected chi connectivity index (χ4v) is 8.13. The normalized spacial score (nSPS) is 22.1. The van der Waals surface area contributed by atoms with E-state index < -0.39 is 54.5 Å². The predicted molar refractivity (Wildman–Crippen MR) is 149 cm³/mol. The minimum atomic E-state index is -5.74. The van der Waals surface area contributed by atoms with Gasteiger partial charge in [0.15, 0.2) is 11.5 Å². The fourth-order valence-electron chi connectivity index (χ4n) is 3.87. The van der Waals surface area contributed by atoms with E-state index in [4.69, 9.17) is 29.5 Å². The van der Waals surface area contributed by atoms with Gasteiger partial charge in [0.25, 0.3) is 0 Å². The molecule has 0 bridgehead atoms. The molecule has 0 saturated carbocycles. The largest absolute Gasteiger partial charge is 0.490 e. The van der Waals surface area contributed by atoms with Crippen molar-refractivity contribution in [2.24, 2.45) is 0 Å². The van der Waals surface area contributed by atoms with Crippen LogP contribution in [-0.2, 0) is 42.1 Å². The standard InChI is InChI=1S/C19H24N5O13P3S2/c1-41-42-8-11-4-2-3-5-12(11)19(25)35-13-6-15(24-10-23-16-17(20)21-9-22-18(16)24)34-14(13)7-33-39(29,30)37-40(31,32)36-38(26,27)28/h2-5,9-10,13-15H,6-8H2,1H3,(H,29,30)(H,31,32)(H2,20,21,22)(H2,26,27,28)/t13?,14-,15-/m1/s1. The molecule has 0 spiro atoms. The van der Waals surface area contributed by atoms with Crippen molar-refractivity contribution in [3.05, 3.63) is 48.0 Å². The number of nitrogens with zero attached hydrogens (tertiary/aromatic N) is 4. The average Bonchev–Trinajstić information content (AvgIpc) is 3.49. The molecule has 0 radical (unpaired) electrons. The smallest absolute Gasteiger partial charge is 0.456 e. The van der Waals surface area contributed by atoms with Gasteiger partial charge in [0, 0.05) is 12.2 Å². The molecular weight excluding hydrogens is 663 g/mol. The van der Waals surface area contributed by atoms with E-state index in [9.17, 15) is 28.3 Å². The van der Waals surface area contributed by atoms with E-state index in [0.29, 0.717) is 11.3 Å². The van der Waals surface area contributed by atoms with E-state index >= 15 is 0 Å². The first-order valence-electron chi connectivity index (χ1n) is 11.5. The number of nitrogens with two attached hydrogens (primary N) is 1.